The Morgan fingerprint density at radius 2 is 2.19 bits per heavy atom. The fourth-order valence-electron chi connectivity index (χ4n) is 1.98. The first-order valence-corrected chi connectivity index (χ1v) is 8.02. The van der Waals surface area contributed by atoms with E-state index in [1.54, 1.807) is 11.2 Å². The summed E-state index contributed by atoms with van der Waals surface area (Å²) in [6, 6.07) is 5.96. The second kappa shape index (κ2) is 4.52. The Balaban J connectivity index is 2.49. The maximum absolute atomic E-state index is 11.9. The van der Waals surface area contributed by atoms with E-state index in [1.807, 2.05) is 12.1 Å². The van der Waals surface area contributed by atoms with Gasteiger partial charge in [0.1, 0.15) is 0 Å². The summed E-state index contributed by atoms with van der Waals surface area (Å²) < 4.78 is 26.6. The molecule has 0 aliphatic carbocycles. The summed E-state index contributed by atoms with van der Waals surface area (Å²) in [5, 5.41) is 0. The van der Waals surface area contributed by atoms with E-state index in [4.69, 9.17) is 0 Å². The molecular weight excluding hydrogens is 337 g/mol. The Labute approximate surface area is 110 Å². The molecule has 1 aromatic carbocycles. The predicted molar refractivity (Wildman–Crippen MR) is 74.3 cm³/mol. The van der Waals surface area contributed by atoms with Crippen LogP contribution in [-0.4, -0.2) is 20.7 Å². The summed E-state index contributed by atoms with van der Waals surface area (Å²) in [5.41, 5.74) is 2.02. The molecule has 1 aliphatic heterocycles. The lowest BCUT2D eigenvalue weighted by atomic mass is 10.0. The molecule has 0 unspecified atom stereocenters. The van der Waals surface area contributed by atoms with Gasteiger partial charge in [-0.3, -0.25) is 4.31 Å². The molecule has 1 heterocycles. The highest BCUT2D eigenvalue weighted by Crippen LogP contribution is 2.30. The molecule has 3 nitrogen and oxygen atoms in total. The Kier molecular flexibility index (Phi) is 3.44. The van der Waals surface area contributed by atoms with Crippen LogP contribution in [-0.2, 0) is 16.4 Å². The van der Waals surface area contributed by atoms with Crippen molar-refractivity contribution in [1.29, 1.82) is 0 Å². The number of halogens is 1. The van der Waals surface area contributed by atoms with Crippen molar-refractivity contribution < 1.29 is 8.42 Å². The van der Waals surface area contributed by atoms with Crippen LogP contribution >= 0.6 is 22.6 Å². The molecule has 0 aromatic heterocycles. The van der Waals surface area contributed by atoms with E-state index in [0.29, 0.717) is 6.54 Å². The van der Waals surface area contributed by atoms with E-state index in [1.165, 1.54) is 0 Å². The lowest BCUT2D eigenvalue weighted by Gasteiger charge is -2.30. The van der Waals surface area contributed by atoms with Gasteiger partial charge in [-0.1, -0.05) is 0 Å². The first-order chi connectivity index (χ1) is 7.54. The highest BCUT2D eigenvalue weighted by molar-refractivity contribution is 14.1. The van der Waals surface area contributed by atoms with Gasteiger partial charge in [-0.05, 0) is 66.1 Å². The zero-order chi connectivity index (χ0) is 11.8. The van der Waals surface area contributed by atoms with Gasteiger partial charge in [-0.2, -0.15) is 0 Å². The molecule has 0 N–H and O–H groups in total. The van der Waals surface area contributed by atoms with Crippen LogP contribution in [0, 0.1) is 3.57 Å². The van der Waals surface area contributed by atoms with Gasteiger partial charge in [-0.15, -0.1) is 0 Å². The molecule has 0 atom stereocenters. The van der Waals surface area contributed by atoms with E-state index >= 15 is 0 Å². The van der Waals surface area contributed by atoms with Crippen LogP contribution in [0.5, 0.6) is 0 Å². The molecule has 1 aliphatic rings. The third kappa shape index (κ3) is 2.20. The molecule has 0 bridgehead atoms. The van der Waals surface area contributed by atoms with Gasteiger partial charge in [0.15, 0.2) is 0 Å². The molecule has 0 saturated carbocycles. The number of aryl methyl sites for hydroxylation is 1. The maximum Gasteiger partial charge on any atom is 0.234 e. The fourth-order valence-corrected chi connectivity index (χ4v) is 3.73. The highest BCUT2D eigenvalue weighted by Gasteiger charge is 2.25. The zero-order valence-electron chi connectivity index (χ0n) is 9.11. The van der Waals surface area contributed by atoms with Gasteiger partial charge < -0.3 is 0 Å². The Hall–Kier alpha value is -0.300. The summed E-state index contributed by atoms with van der Waals surface area (Å²) >= 11 is 2.26. The van der Waals surface area contributed by atoms with Gasteiger partial charge in [0.2, 0.25) is 10.0 Å². The molecule has 0 amide bonds. The number of nitrogens with zero attached hydrogens (tertiary/aromatic N) is 1. The smallest absolute Gasteiger partial charge is 0.234 e. The van der Waals surface area contributed by atoms with Crippen molar-refractivity contribution in [3.8, 4) is 0 Å². The quantitative estimate of drug-likeness (QED) is 0.768. The number of fused-ring (bicyclic) bond motifs is 1. The van der Waals surface area contributed by atoms with Crippen molar-refractivity contribution in [1.82, 2.24) is 0 Å². The lowest BCUT2D eigenvalue weighted by molar-refractivity contribution is 0.588. The van der Waals surface area contributed by atoms with E-state index in [9.17, 15) is 8.42 Å². The van der Waals surface area contributed by atoms with Gasteiger partial charge in [0, 0.05) is 10.1 Å². The molecule has 16 heavy (non-hydrogen) atoms. The first-order valence-electron chi connectivity index (χ1n) is 5.33. The third-order valence-electron chi connectivity index (χ3n) is 2.82. The number of hydrogen-bond donors (Lipinski definition) is 0. The van der Waals surface area contributed by atoms with Crippen LogP contribution in [0.15, 0.2) is 18.2 Å². The lowest BCUT2D eigenvalue weighted by Crippen LogP contribution is -2.36. The van der Waals surface area contributed by atoms with Gasteiger partial charge in [0.25, 0.3) is 0 Å². The number of anilines is 1. The zero-order valence-corrected chi connectivity index (χ0v) is 12.1. The van der Waals surface area contributed by atoms with Gasteiger partial charge in [0.05, 0.1) is 11.4 Å². The van der Waals surface area contributed by atoms with Crippen LogP contribution in [0.4, 0.5) is 5.69 Å². The molecule has 2 rings (SSSR count). The minimum absolute atomic E-state index is 0.165. The molecular formula is C11H14INO2S. The van der Waals surface area contributed by atoms with Crippen molar-refractivity contribution >= 4 is 38.3 Å². The van der Waals surface area contributed by atoms with Crippen molar-refractivity contribution in [2.24, 2.45) is 0 Å². The van der Waals surface area contributed by atoms with E-state index in [2.05, 4.69) is 28.7 Å². The first kappa shape index (κ1) is 12.2. The van der Waals surface area contributed by atoms with Crippen LogP contribution < -0.4 is 4.31 Å². The molecule has 0 fully saturated rings. The Bertz CT molecular complexity index is 499. The number of rotatable bonds is 2. The van der Waals surface area contributed by atoms with Crippen LogP contribution in [0.3, 0.4) is 0 Å². The average Bonchev–Trinajstić information content (AvgIpc) is 2.27. The summed E-state index contributed by atoms with van der Waals surface area (Å²) in [4.78, 5) is 0. The van der Waals surface area contributed by atoms with Crippen LogP contribution in [0.2, 0.25) is 0 Å². The Morgan fingerprint density at radius 3 is 2.88 bits per heavy atom. The van der Waals surface area contributed by atoms with E-state index in [0.717, 1.165) is 27.7 Å². The minimum atomic E-state index is -3.12. The van der Waals surface area contributed by atoms with E-state index in [-0.39, 0.29) is 5.75 Å². The minimum Gasteiger partial charge on any atom is -0.270 e. The largest absolute Gasteiger partial charge is 0.270 e. The van der Waals surface area contributed by atoms with Crippen LogP contribution in [0.25, 0.3) is 0 Å². The monoisotopic (exact) mass is 351 g/mol. The topological polar surface area (TPSA) is 37.4 Å². The molecule has 0 spiro atoms. The molecule has 5 heteroatoms. The fraction of sp³-hybridized carbons (Fsp3) is 0.455. The number of hydrogen-bond acceptors (Lipinski definition) is 2. The Morgan fingerprint density at radius 1 is 1.44 bits per heavy atom. The maximum atomic E-state index is 11.9. The summed E-state index contributed by atoms with van der Waals surface area (Å²) in [6.45, 7) is 2.31. The molecule has 1 aromatic rings. The van der Waals surface area contributed by atoms with E-state index < -0.39 is 10.0 Å². The van der Waals surface area contributed by atoms with Gasteiger partial charge in [-0.25, -0.2) is 8.42 Å². The van der Waals surface area contributed by atoms with Crippen LogP contribution in [0.1, 0.15) is 18.9 Å². The predicted octanol–water partition coefficient (Wildman–Crippen LogP) is 2.39. The summed E-state index contributed by atoms with van der Waals surface area (Å²) in [7, 11) is -3.12. The molecule has 0 radical (unpaired) electrons. The average molecular weight is 351 g/mol. The normalized spacial score (nSPS) is 16.0. The second-order valence-corrected chi connectivity index (χ2v) is 7.28. The van der Waals surface area contributed by atoms with Crippen molar-refractivity contribution in [3.63, 3.8) is 0 Å². The summed E-state index contributed by atoms with van der Waals surface area (Å²) in [6.07, 6.45) is 1.88. The van der Waals surface area contributed by atoms with Gasteiger partial charge >= 0.3 is 0 Å². The second-order valence-electron chi connectivity index (χ2n) is 3.85. The van der Waals surface area contributed by atoms with Crippen molar-refractivity contribution in [3.05, 3.63) is 27.3 Å². The number of benzene rings is 1. The number of sulfonamides is 1. The standard InChI is InChI=1S/C11H14INO2S/c1-2-16(14,15)13-7-3-4-9-8-10(12)5-6-11(9)13/h5-6,8H,2-4,7H2,1H3. The summed E-state index contributed by atoms with van der Waals surface area (Å²) in [5.74, 6) is 0.165. The molecule has 0 saturated heterocycles. The SMILES string of the molecule is CCS(=O)(=O)N1CCCc2cc(I)ccc21. The van der Waals surface area contributed by atoms with Crippen molar-refractivity contribution in [2.45, 2.75) is 19.8 Å². The highest BCUT2D eigenvalue weighted by atomic mass is 127. The molecule has 88 valence electrons. The third-order valence-corrected chi connectivity index (χ3v) is 5.27. The van der Waals surface area contributed by atoms with Crippen molar-refractivity contribution in [2.75, 3.05) is 16.6 Å².